The van der Waals surface area contributed by atoms with Crippen molar-refractivity contribution in [1.29, 1.82) is 0 Å². The van der Waals surface area contributed by atoms with Crippen LogP contribution in [0.25, 0.3) is 0 Å². The van der Waals surface area contributed by atoms with Crippen molar-refractivity contribution in [3.05, 3.63) is 64.2 Å². The van der Waals surface area contributed by atoms with Gasteiger partial charge in [-0.15, -0.1) is 0 Å². The maximum Gasteiger partial charge on any atom is 0.417 e. The van der Waals surface area contributed by atoms with Gasteiger partial charge in [0.1, 0.15) is 0 Å². The summed E-state index contributed by atoms with van der Waals surface area (Å²) in [4.78, 5) is 11.8. The van der Waals surface area contributed by atoms with Gasteiger partial charge in [0, 0.05) is 25.2 Å². The fraction of sp³-hybridized carbons (Fsp3) is 0.278. The van der Waals surface area contributed by atoms with Gasteiger partial charge in [0.25, 0.3) is 0 Å². The Morgan fingerprint density at radius 3 is 2.44 bits per heavy atom. The van der Waals surface area contributed by atoms with Crippen LogP contribution in [-0.2, 0) is 17.5 Å². The zero-order chi connectivity index (χ0) is 18.4. The first kappa shape index (κ1) is 19.3. The van der Waals surface area contributed by atoms with Crippen LogP contribution in [0.15, 0.2) is 42.5 Å². The van der Waals surface area contributed by atoms with Crippen molar-refractivity contribution in [3.8, 4) is 0 Å². The maximum atomic E-state index is 12.8. The van der Waals surface area contributed by atoms with Gasteiger partial charge in [-0.3, -0.25) is 4.79 Å². The summed E-state index contributed by atoms with van der Waals surface area (Å²) in [6.45, 7) is 3.04. The molecule has 134 valence electrons. The number of rotatable bonds is 6. The van der Waals surface area contributed by atoms with E-state index in [-0.39, 0.29) is 18.0 Å². The molecule has 0 saturated heterocycles. The number of anilines is 1. The molecular formula is C18H18ClF3N2O. The van der Waals surface area contributed by atoms with Crippen molar-refractivity contribution in [3.63, 3.8) is 0 Å². The summed E-state index contributed by atoms with van der Waals surface area (Å²) in [5.41, 5.74) is 1.37. The van der Waals surface area contributed by atoms with Crippen molar-refractivity contribution >= 4 is 23.2 Å². The second-order valence-corrected chi connectivity index (χ2v) is 6.06. The Kier molecular flexibility index (Phi) is 6.45. The fourth-order valence-electron chi connectivity index (χ4n) is 2.18. The van der Waals surface area contributed by atoms with Gasteiger partial charge in [0.2, 0.25) is 5.91 Å². The lowest BCUT2D eigenvalue weighted by Crippen LogP contribution is -2.21. The average molecular weight is 371 g/mol. The standard InChI is InChI=1S/C18H18ClF3N2O/c1-12-2-4-13(5-3-12)11-23-9-8-17(25)24-14-6-7-16(19)15(10-14)18(20,21)22/h2-7,10,23H,8-9,11H2,1H3,(H,24,25). The molecule has 3 nitrogen and oxygen atoms in total. The normalized spacial score (nSPS) is 11.4. The highest BCUT2D eigenvalue weighted by Gasteiger charge is 2.33. The Bertz CT molecular complexity index is 730. The second-order valence-electron chi connectivity index (χ2n) is 5.65. The van der Waals surface area contributed by atoms with E-state index in [4.69, 9.17) is 11.6 Å². The van der Waals surface area contributed by atoms with Crippen LogP contribution in [0, 0.1) is 6.92 Å². The molecule has 2 aromatic carbocycles. The molecule has 2 N–H and O–H groups in total. The Morgan fingerprint density at radius 1 is 1.12 bits per heavy atom. The summed E-state index contributed by atoms with van der Waals surface area (Å²) >= 11 is 5.55. The van der Waals surface area contributed by atoms with Crippen LogP contribution >= 0.6 is 11.6 Å². The lowest BCUT2D eigenvalue weighted by Gasteiger charge is -2.12. The number of hydrogen-bond acceptors (Lipinski definition) is 2. The predicted molar refractivity (Wildman–Crippen MR) is 92.6 cm³/mol. The van der Waals surface area contributed by atoms with Crippen LogP contribution in [0.5, 0.6) is 0 Å². The molecule has 2 aromatic rings. The van der Waals surface area contributed by atoms with Crippen LogP contribution in [0.3, 0.4) is 0 Å². The minimum Gasteiger partial charge on any atom is -0.326 e. The van der Waals surface area contributed by atoms with Crippen molar-refractivity contribution < 1.29 is 18.0 Å². The van der Waals surface area contributed by atoms with Crippen molar-refractivity contribution in [2.45, 2.75) is 26.1 Å². The first-order valence-electron chi connectivity index (χ1n) is 7.68. The maximum absolute atomic E-state index is 12.8. The third-order valence-electron chi connectivity index (χ3n) is 3.53. The summed E-state index contributed by atoms with van der Waals surface area (Å²) in [5, 5.41) is 5.17. The zero-order valence-corrected chi connectivity index (χ0v) is 14.3. The minimum absolute atomic E-state index is 0.0697. The average Bonchev–Trinajstić information content (AvgIpc) is 2.54. The van der Waals surface area contributed by atoms with E-state index in [9.17, 15) is 18.0 Å². The minimum atomic E-state index is -4.56. The van der Waals surface area contributed by atoms with Gasteiger partial charge in [0.05, 0.1) is 10.6 Å². The number of alkyl halides is 3. The van der Waals surface area contributed by atoms with Gasteiger partial charge in [-0.25, -0.2) is 0 Å². The number of hydrogen-bond donors (Lipinski definition) is 2. The highest BCUT2D eigenvalue weighted by molar-refractivity contribution is 6.31. The molecule has 0 atom stereocenters. The van der Waals surface area contributed by atoms with E-state index in [1.165, 1.54) is 11.6 Å². The van der Waals surface area contributed by atoms with Crippen LogP contribution < -0.4 is 10.6 Å². The van der Waals surface area contributed by atoms with Crippen LogP contribution in [0.1, 0.15) is 23.1 Å². The number of aryl methyl sites for hydroxylation is 1. The van der Waals surface area contributed by atoms with E-state index in [0.717, 1.165) is 17.7 Å². The molecule has 0 aromatic heterocycles. The third kappa shape index (κ3) is 6.07. The van der Waals surface area contributed by atoms with E-state index in [2.05, 4.69) is 10.6 Å². The Balaban J connectivity index is 1.81. The number of nitrogens with one attached hydrogen (secondary N) is 2. The summed E-state index contributed by atoms with van der Waals surface area (Å²) in [6.07, 6.45) is -4.41. The van der Waals surface area contributed by atoms with Gasteiger partial charge >= 0.3 is 6.18 Å². The summed E-state index contributed by atoms with van der Waals surface area (Å²) < 4.78 is 38.4. The lowest BCUT2D eigenvalue weighted by molar-refractivity contribution is -0.137. The second kappa shape index (κ2) is 8.36. The summed E-state index contributed by atoms with van der Waals surface area (Å²) in [7, 11) is 0. The Hall–Kier alpha value is -2.05. The third-order valence-corrected chi connectivity index (χ3v) is 3.86. The first-order valence-corrected chi connectivity index (χ1v) is 8.06. The van der Waals surface area contributed by atoms with E-state index in [1.54, 1.807) is 0 Å². The van der Waals surface area contributed by atoms with Gasteiger partial charge in [-0.1, -0.05) is 41.4 Å². The molecule has 0 saturated carbocycles. The molecule has 25 heavy (non-hydrogen) atoms. The quantitative estimate of drug-likeness (QED) is 0.718. The zero-order valence-electron chi connectivity index (χ0n) is 13.6. The molecule has 7 heteroatoms. The molecule has 0 aliphatic heterocycles. The number of halogens is 4. The smallest absolute Gasteiger partial charge is 0.326 e. The van der Waals surface area contributed by atoms with Crippen molar-refractivity contribution in [2.24, 2.45) is 0 Å². The van der Waals surface area contributed by atoms with E-state index >= 15 is 0 Å². The molecule has 0 bridgehead atoms. The van der Waals surface area contributed by atoms with Gasteiger partial charge in [-0.05, 0) is 30.7 Å². The first-order chi connectivity index (χ1) is 11.8. The number of amides is 1. The molecule has 0 aliphatic rings. The van der Waals surface area contributed by atoms with Crippen molar-refractivity contribution in [1.82, 2.24) is 5.32 Å². The van der Waals surface area contributed by atoms with E-state index < -0.39 is 16.8 Å². The topological polar surface area (TPSA) is 41.1 Å². The largest absolute Gasteiger partial charge is 0.417 e. The highest BCUT2D eigenvalue weighted by atomic mass is 35.5. The molecule has 0 heterocycles. The van der Waals surface area contributed by atoms with E-state index in [0.29, 0.717) is 13.1 Å². The molecule has 0 aliphatic carbocycles. The van der Waals surface area contributed by atoms with E-state index in [1.807, 2.05) is 31.2 Å². The Labute approximate surface area is 149 Å². The monoisotopic (exact) mass is 370 g/mol. The highest BCUT2D eigenvalue weighted by Crippen LogP contribution is 2.36. The van der Waals surface area contributed by atoms with Crippen LogP contribution in [0.4, 0.5) is 18.9 Å². The SMILES string of the molecule is Cc1ccc(CNCCC(=O)Nc2ccc(Cl)c(C(F)(F)F)c2)cc1. The number of carbonyl (C=O) groups excluding carboxylic acids is 1. The Morgan fingerprint density at radius 2 is 1.80 bits per heavy atom. The molecule has 0 spiro atoms. The van der Waals surface area contributed by atoms with Crippen LogP contribution in [0.2, 0.25) is 5.02 Å². The van der Waals surface area contributed by atoms with Gasteiger partial charge in [-0.2, -0.15) is 13.2 Å². The molecular weight excluding hydrogens is 353 g/mol. The summed E-state index contributed by atoms with van der Waals surface area (Å²) in [5.74, 6) is -0.369. The predicted octanol–water partition coefficient (Wildman–Crippen LogP) is 4.79. The number of carbonyl (C=O) groups is 1. The van der Waals surface area contributed by atoms with Gasteiger partial charge in [0.15, 0.2) is 0 Å². The van der Waals surface area contributed by atoms with Crippen molar-refractivity contribution in [2.75, 3.05) is 11.9 Å². The lowest BCUT2D eigenvalue weighted by atomic mass is 10.1. The summed E-state index contributed by atoms with van der Waals surface area (Å²) in [6, 6.07) is 11.3. The van der Waals surface area contributed by atoms with Gasteiger partial charge < -0.3 is 10.6 Å². The molecule has 0 fully saturated rings. The van der Waals surface area contributed by atoms with Crippen LogP contribution in [-0.4, -0.2) is 12.5 Å². The molecule has 1 amide bonds. The molecule has 0 radical (unpaired) electrons. The number of benzene rings is 2. The fourth-order valence-corrected chi connectivity index (χ4v) is 2.41. The molecule has 0 unspecified atom stereocenters. The molecule has 2 rings (SSSR count).